The molecule has 1 aromatic carbocycles. The number of rotatable bonds is 6. The van der Waals surface area contributed by atoms with Gasteiger partial charge in [-0.05, 0) is 22.6 Å². The molecule has 0 saturated carbocycles. The van der Waals surface area contributed by atoms with Crippen LogP contribution in [0.15, 0.2) is 30.3 Å². The Morgan fingerprint density at radius 1 is 1.21 bits per heavy atom. The van der Waals surface area contributed by atoms with Crippen molar-refractivity contribution in [3.05, 3.63) is 41.5 Å². The lowest BCUT2D eigenvalue weighted by molar-refractivity contribution is -0.908. The predicted molar refractivity (Wildman–Crippen MR) is 98.2 cm³/mol. The molecule has 2 rings (SSSR count). The Hall–Kier alpha value is -1.65. The molecule has 0 radical (unpaired) electrons. The number of carbonyl (C=O) groups excluding carboxylic acids is 1. The second-order valence-corrected chi connectivity index (χ2v) is 7.46. The van der Waals surface area contributed by atoms with Gasteiger partial charge in [-0.15, -0.1) is 0 Å². The zero-order valence-corrected chi connectivity index (χ0v) is 15.2. The summed E-state index contributed by atoms with van der Waals surface area (Å²) in [6.07, 6.45) is 4.50. The van der Waals surface area contributed by atoms with Crippen molar-refractivity contribution in [2.24, 2.45) is 0 Å². The average Bonchev–Trinajstić information content (AvgIpc) is 2.57. The van der Waals surface area contributed by atoms with Gasteiger partial charge in [-0.1, -0.05) is 45.0 Å². The largest absolute Gasteiger partial charge is 0.370 e. The molecule has 2 N–H and O–H groups in total. The minimum Gasteiger partial charge on any atom is -0.370 e. The predicted octanol–water partition coefficient (Wildman–Crippen LogP) is 1.42. The fourth-order valence-corrected chi connectivity index (χ4v) is 2.79. The number of quaternary nitrogens is 1. The number of amides is 1. The molecule has 0 atom stereocenters. The first-order valence-corrected chi connectivity index (χ1v) is 8.93. The Kier molecular flexibility index (Phi) is 7.00. The number of carbonyl (C=O) groups is 1. The van der Waals surface area contributed by atoms with Gasteiger partial charge in [0.2, 0.25) is 5.91 Å². The Labute approximate surface area is 145 Å². The molecule has 0 bridgehead atoms. The van der Waals surface area contributed by atoms with Gasteiger partial charge in [0.05, 0.1) is 19.8 Å². The summed E-state index contributed by atoms with van der Waals surface area (Å²) in [7, 11) is 0. The molecule has 4 nitrogen and oxygen atoms in total. The molecule has 0 spiro atoms. The first kappa shape index (κ1) is 18.7. The number of morpholine rings is 1. The van der Waals surface area contributed by atoms with Crippen LogP contribution in [-0.4, -0.2) is 45.3 Å². The zero-order chi connectivity index (χ0) is 17.4. The molecule has 0 aromatic heterocycles. The molecule has 0 unspecified atom stereocenters. The Morgan fingerprint density at radius 3 is 2.50 bits per heavy atom. The molecule has 132 valence electrons. The van der Waals surface area contributed by atoms with Crippen LogP contribution >= 0.6 is 0 Å². The Bertz CT molecular complexity index is 538. The SMILES string of the molecule is CC(C)(C)c1ccc(/C=C/C(=O)NCCC[NH+]2CCOCC2)cc1. The normalized spacial score (nSPS) is 16.5. The molecular formula is C20H31N2O2+. The van der Waals surface area contributed by atoms with Crippen LogP contribution in [0.3, 0.4) is 0 Å². The van der Waals surface area contributed by atoms with Crippen LogP contribution in [0, 0.1) is 0 Å². The molecule has 1 aromatic rings. The standard InChI is InChI=1S/C20H30N2O2/c1-20(2,3)18-8-5-17(6-9-18)7-10-19(23)21-11-4-12-22-13-15-24-16-14-22/h5-10H,4,11-16H2,1-3H3,(H,21,23)/p+1/b10-7+. The second kappa shape index (κ2) is 9.00. The summed E-state index contributed by atoms with van der Waals surface area (Å²) < 4.78 is 5.34. The van der Waals surface area contributed by atoms with Crippen molar-refractivity contribution in [2.45, 2.75) is 32.6 Å². The minimum absolute atomic E-state index is 0.0214. The lowest BCUT2D eigenvalue weighted by atomic mass is 9.87. The third kappa shape index (κ3) is 6.46. The van der Waals surface area contributed by atoms with Crippen LogP contribution in [0.1, 0.15) is 38.3 Å². The van der Waals surface area contributed by atoms with Gasteiger partial charge in [0, 0.05) is 19.0 Å². The van der Waals surface area contributed by atoms with E-state index in [0.29, 0.717) is 0 Å². The van der Waals surface area contributed by atoms with Gasteiger partial charge >= 0.3 is 0 Å². The maximum atomic E-state index is 11.9. The van der Waals surface area contributed by atoms with E-state index < -0.39 is 0 Å². The van der Waals surface area contributed by atoms with Gasteiger partial charge in [0.25, 0.3) is 0 Å². The van der Waals surface area contributed by atoms with Gasteiger partial charge in [-0.25, -0.2) is 0 Å². The van der Waals surface area contributed by atoms with Crippen LogP contribution in [-0.2, 0) is 14.9 Å². The van der Waals surface area contributed by atoms with Crippen molar-refractivity contribution < 1.29 is 14.4 Å². The lowest BCUT2D eigenvalue weighted by Gasteiger charge is -2.23. The molecule has 1 fully saturated rings. The second-order valence-electron chi connectivity index (χ2n) is 7.46. The number of nitrogens with one attached hydrogen (secondary N) is 2. The first-order valence-electron chi connectivity index (χ1n) is 8.93. The Morgan fingerprint density at radius 2 is 1.88 bits per heavy atom. The highest BCUT2D eigenvalue weighted by atomic mass is 16.5. The van der Waals surface area contributed by atoms with Crippen LogP contribution in [0.5, 0.6) is 0 Å². The fraction of sp³-hybridized carbons (Fsp3) is 0.550. The third-order valence-electron chi connectivity index (χ3n) is 4.41. The van der Waals surface area contributed by atoms with Crippen LogP contribution < -0.4 is 10.2 Å². The molecule has 1 amide bonds. The molecular weight excluding hydrogens is 300 g/mol. The monoisotopic (exact) mass is 331 g/mol. The topological polar surface area (TPSA) is 42.8 Å². The average molecular weight is 331 g/mol. The first-order chi connectivity index (χ1) is 11.4. The van der Waals surface area contributed by atoms with Crippen molar-refractivity contribution in [2.75, 3.05) is 39.4 Å². The zero-order valence-electron chi connectivity index (χ0n) is 15.2. The summed E-state index contributed by atoms with van der Waals surface area (Å²) in [6, 6.07) is 8.38. The van der Waals surface area contributed by atoms with Gasteiger partial charge in [-0.3, -0.25) is 4.79 Å². The van der Waals surface area contributed by atoms with E-state index in [1.165, 1.54) is 5.56 Å². The van der Waals surface area contributed by atoms with E-state index >= 15 is 0 Å². The fourth-order valence-electron chi connectivity index (χ4n) is 2.79. The van der Waals surface area contributed by atoms with E-state index in [0.717, 1.165) is 51.4 Å². The number of hydrogen-bond acceptors (Lipinski definition) is 2. The van der Waals surface area contributed by atoms with Crippen LogP contribution in [0.2, 0.25) is 0 Å². The molecule has 24 heavy (non-hydrogen) atoms. The number of ether oxygens (including phenoxy) is 1. The van der Waals surface area contributed by atoms with Crippen LogP contribution in [0.4, 0.5) is 0 Å². The van der Waals surface area contributed by atoms with Crippen molar-refractivity contribution in [1.29, 1.82) is 0 Å². The highest BCUT2D eigenvalue weighted by molar-refractivity contribution is 5.91. The van der Waals surface area contributed by atoms with Crippen molar-refractivity contribution in [1.82, 2.24) is 5.32 Å². The molecule has 0 aliphatic carbocycles. The summed E-state index contributed by atoms with van der Waals surface area (Å²) in [5.74, 6) is -0.0214. The van der Waals surface area contributed by atoms with Crippen molar-refractivity contribution >= 4 is 12.0 Å². The third-order valence-corrected chi connectivity index (χ3v) is 4.41. The lowest BCUT2D eigenvalue weighted by Crippen LogP contribution is -3.14. The quantitative estimate of drug-likeness (QED) is 0.612. The number of hydrogen-bond donors (Lipinski definition) is 2. The smallest absolute Gasteiger partial charge is 0.244 e. The maximum Gasteiger partial charge on any atom is 0.244 e. The van der Waals surface area contributed by atoms with E-state index in [2.05, 4.69) is 50.4 Å². The highest BCUT2D eigenvalue weighted by Gasteiger charge is 2.13. The van der Waals surface area contributed by atoms with Crippen LogP contribution in [0.25, 0.3) is 6.08 Å². The molecule has 1 aliphatic heterocycles. The minimum atomic E-state index is -0.0214. The van der Waals surface area contributed by atoms with Gasteiger partial charge < -0.3 is 15.0 Å². The highest BCUT2D eigenvalue weighted by Crippen LogP contribution is 2.22. The van der Waals surface area contributed by atoms with E-state index in [-0.39, 0.29) is 11.3 Å². The van der Waals surface area contributed by atoms with Crippen molar-refractivity contribution in [3.63, 3.8) is 0 Å². The van der Waals surface area contributed by atoms with Gasteiger partial charge in [0.1, 0.15) is 13.1 Å². The van der Waals surface area contributed by atoms with Crippen molar-refractivity contribution in [3.8, 4) is 0 Å². The summed E-state index contributed by atoms with van der Waals surface area (Å²) in [5, 5.41) is 2.96. The van der Waals surface area contributed by atoms with E-state index in [4.69, 9.17) is 4.74 Å². The Balaban J connectivity index is 1.68. The molecule has 1 saturated heterocycles. The van der Waals surface area contributed by atoms with E-state index in [1.54, 1.807) is 11.0 Å². The molecule has 1 heterocycles. The van der Waals surface area contributed by atoms with E-state index in [9.17, 15) is 4.79 Å². The molecule has 1 aliphatic rings. The summed E-state index contributed by atoms with van der Waals surface area (Å²) in [5.41, 5.74) is 2.51. The summed E-state index contributed by atoms with van der Waals surface area (Å²) in [4.78, 5) is 13.4. The maximum absolute atomic E-state index is 11.9. The van der Waals surface area contributed by atoms with Gasteiger partial charge in [0.15, 0.2) is 0 Å². The number of benzene rings is 1. The summed E-state index contributed by atoms with van der Waals surface area (Å²) in [6.45, 7) is 12.3. The molecule has 4 heteroatoms. The summed E-state index contributed by atoms with van der Waals surface area (Å²) >= 11 is 0. The van der Waals surface area contributed by atoms with E-state index in [1.807, 2.05) is 6.08 Å². The van der Waals surface area contributed by atoms with Gasteiger partial charge in [-0.2, -0.15) is 0 Å².